The third-order valence-corrected chi connectivity index (χ3v) is 5.38. The summed E-state index contributed by atoms with van der Waals surface area (Å²) in [6.45, 7) is 9.05. The van der Waals surface area contributed by atoms with Crippen LogP contribution in [0.3, 0.4) is 0 Å². The predicted molar refractivity (Wildman–Crippen MR) is 123 cm³/mol. The first kappa shape index (κ1) is 22.3. The molecular formula is C21H35IN4O. The number of nitrogens with zero attached hydrogens (tertiary/aromatic N) is 3. The van der Waals surface area contributed by atoms with E-state index in [-0.39, 0.29) is 24.0 Å². The van der Waals surface area contributed by atoms with Gasteiger partial charge < -0.3 is 19.9 Å². The maximum atomic E-state index is 6.10. The lowest BCUT2D eigenvalue weighted by molar-refractivity contribution is 0.129. The van der Waals surface area contributed by atoms with Crippen LogP contribution in [-0.4, -0.2) is 68.2 Å². The molecule has 1 aromatic carbocycles. The summed E-state index contributed by atoms with van der Waals surface area (Å²) in [6.07, 6.45) is 5.11. The van der Waals surface area contributed by atoms with Gasteiger partial charge in [0.2, 0.25) is 0 Å². The second-order valence-corrected chi connectivity index (χ2v) is 7.66. The number of benzene rings is 1. The van der Waals surface area contributed by atoms with Crippen molar-refractivity contribution >= 4 is 29.9 Å². The molecular weight excluding hydrogens is 451 g/mol. The van der Waals surface area contributed by atoms with Gasteiger partial charge in [-0.05, 0) is 44.0 Å². The normalized spacial score (nSPS) is 20.2. The highest BCUT2D eigenvalue weighted by molar-refractivity contribution is 14.0. The monoisotopic (exact) mass is 486 g/mol. The molecule has 1 atom stereocenters. The number of rotatable bonds is 6. The smallest absolute Gasteiger partial charge is 0.193 e. The number of para-hydroxylation sites is 1. The number of guanidine groups is 1. The molecule has 2 heterocycles. The Hall–Kier alpha value is -1.02. The van der Waals surface area contributed by atoms with Gasteiger partial charge in [0.05, 0.1) is 0 Å². The fourth-order valence-corrected chi connectivity index (χ4v) is 3.95. The van der Waals surface area contributed by atoms with Gasteiger partial charge >= 0.3 is 0 Å². The first-order valence-electron chi connectivity index (χ1n) is 10.1. The van der Waals surface area contributed by atoms with Crippen molar-refractivity contribution in [3.05, 3.63) is 30.3 Å². The third kappa shape index (κ3) is 7.14. The van der Waals surface area contributed by atoms with Crippen LogP contribution < -0.4 is 10.1 Å². The van der Waals surface area contributed by atoms with Crippen molar-refractivity contribution in [2.24, 2.45) is 10.9 Å². The first-order chi connectivity index (χ1) is 12.7. The van der Waals surface area contributed by atoms with Crippen LogP contribution in [0.15, 0.2) is 35.3 Å². The lowest BCUT2D eigenvalue weighted by Gasteiger charge is -2.34. The molecule has 152 valence electrons. The van der Waals surface area contributed by atoms with Crippen LogP contribution in [0.2, 0.25) is 0 Å². The van der Waals surface area contributed by atoms with Crippen LogP contribution in [0.25, 0.3) is 0 Å². The topological polar surface area (TPSA) is 40.1 Å². The molecule has 0 amide bonds. The molecule has 0 spiro atoms. The van der Waals surface area contributed by atoms with E-state index < -0.39 is 0 Å². The molecule has 5 nitrogen and oxygen atoms in total. The number of piperidine rings is 1. The van der Waals surface area contributed by atoms with Crippen LogP contribution >= 0.6 is 24.0 Å². The highest BCUT2D eigenvalue weighted by Crippen LogP contribution is 2.18. The van der Waals surface area contributed by atoms with Gasteiger partial charge in [-0.2, -0.15) is 0 Å². The average molecular weight is 486 g/mol. The number of aliphatic imine (C=N–C) groups is 1. The van der Waals surface area contributed by atoms with Gasteiger partial charge in [-0.25, -0.2) is 0 Å². The first-order valence-corrected chi connectivity index (χ1v) is 10.1. The van der Waals surface area contributed by atoms with E-state index >= 15 is 0 Å². The minimum atomic E-state index is 0. The van der Waals surface area contributed by atoms with Gasteiger partial charge in [-0.1, -0.05) is 25.1 Å². The number of ether oxygens (including phenoxy) is 1. The number of hydrogen-bond donors (Lipinski definition) is 1. The van der Waals surface area contributed by atoms with E-state index in [2.05, 4.69) is 27.0 Å². The van der Waals surface area contributed by atoms with Gasteiger partial charge in [0.1, 0.15) is 11.9 Å². The number of nitrogens with one attached hydrogen (secondary N) is 1. The SMILES string of the molecule is CN=C(NCC(C)CN1CCCC1)N1CCC(Oc2ccccc2)CC1.I. The van der Waals surface area contributed by atoms with E-state index in [4.69, 9.17) is 4.74 Å². The quantitative estimate of drug-likeness (QED) is 0.380. The van der Waals surface area contributed by atoms with Crippen LogP contribution in [0.5, 0.6) is 5.75 Å². The molecule has 0 aromatic heterocycles. The van der Waals surface area contributed by atoms with E-state index in [1.54, 1.807) is 0 Å². The molecule has 0 saturated carbocycles. The van der Waals surface area contributed by atoms with Crippen molar-refractivity contribution in [3.63, 3.8) is 0 Å². The molecule has 0 bridgehead atoms. The van der Waals surface area contributed by atoms with E-state index in [9.17, 15) is 0 Å². The fraction of sp³-hybridized carbons (Fsp3) is 0.667. The summed E-state index contributed by atoms with van der Waals surface area (Å²) in [5, 5.41) is 3.59. The Kier molecular flexibility index (Phi) is 9.68. The summed E-state index contributed by atoms with van der Waals surface area (Å²) in [5.74, 6) is 2.66. The van der Waals surface area contributed by atoms with E-state index in [0.717, 1.165) is 44.2 Å². The zero-order valence-electron chi connectivity index (χ0n) is 16.8. The zero-order chi connectivity index (χ0) is 18.2. The maximum absolute atomic E-state index is 6.10. The largest absolute Gasteiger partial charge is 0.490 e. The Labute approximate surface area is 181 Å². The van der Waals surface area contributed by atoms with E-state index in [1.807, 2.05) is 37.4 Å². The summed E-state index contributed by atoms with van der Waals surface area (Å²) >= 11 is 0. The highest BCUT2D eigenvalue weighted by Gasteiger charge is 2.23. The molecule has 3 rings (SSSR count). The molecule has 1 aromatic rings. The lowest BCUT2D eigenvalue weighted by Crippen LogP contribution is -2.48. The average Bonchev–Trinajstić information content (AvgIpc) is 3.17. The third-order valence-electron chi connectivity index (χ3n) is 5.38. The van der Waals surface area contributed by atoms with Crippen LogP contribution in [-0.2, 0) is 0 Å². The summed E-state index contributed by atoms with van der Waals surface area (Å²) < 4.78 is 6.10. The second-order valence-electron chi connectivity index (χ2n) is 7.66. The molecule has 2 saturated heterocycles. The van der Waals surface area contributed by atoms with Crippen molar-refractivity contribution in [2.75, 3.05) is 46.3 Å². The van der Waals surface area contributed by atoms with Crippen molar-refractivity contribution in [1.82, 2.24) is 15.1 Å². The molecule has 1 N–H and O–H groups in total. The maximum Gasteiger partial charge on any atom is 0.193 e. The van der Waals surface area contributed by atoms with Gasteiger partial charge in [-0.15, -0.1) is 24.0 Å². The summed E-state index contributed by atoms with van der Waals surface area (Å²) in [5.41, 5.74) is 0. The molecule has 0 aliphatic carbocycles. The summed E-state index contributed by atoms with van der Waals surface area (Å²) in [6, 6.07) is 10.2. The predicted octanol–water partition coefficient (Wildman–Crippen LogP) is 3.46. The molecule has 0 radical (unpaired) electrons. The Morgan fingerprint density at radius 2 is 1.81 bits per heavy atom. The van der Waals surface area contributed by atoms with Crippen molar-refractivity contribution < 1.29 is 4.74 Å². The fourth-order valence-electron chi connectivity index (χ4n) is 3.95. The van der Waals surface area contributed by atoms with Gasteiger partial charge in [0.25, 0.3) is 0 Å². The van der Waals surface area contributed by atoms with Crippen LogP contribution in [0.4, 0.5) is 0 Å². The Balaban J connectivity index is 0.00000261. The number of halogens is 1. The van der Waals surface area contributed by atoms with Gasteiger partial charge in [0.15, 0.2) is 5.96 Å². The molecule has 27 heavy (non-hydrogen) atoms. The second kappa shape index (κ2) is 11.7. The van der Waals surface area contributed by atoms with Gasteiger partial charge in [0, 0.05) is 46.1 Å². The molecule has 2 aliphatic heterocycles. The van der Waals surface area contributed by atoms with E-state index in [0.29, 0.717) is 12.0 Å². The lowest BCUT2D eigenvalue weighted by atomic mass is 10.1. The molecule has 2 fully saturated rings. The molecule has 1 unspecified atom stereocenters. The standard InChI is InChI=1S/C21H34N4O.HI/c1-18(17-24-12-6-7-13-24)16-23-21(22-2)25-14-10-20(11-15-25)26-19-8-4-3-5-9-19;/h3-5,8-9,18,20H,6-7,10-17H2,1-2H3,(H,22,23);1H. The molecule has 2 aliphatic rings. The van der Waals surface area contributed by atoms with Crippen molar-refractivity contribution in [2.45, 2.75) is 38.7 Å². The Morgan fingerprint density at radius 3 is 2.44 bits per heavy atom. The summed E-state index contributed by atoms with van der Waals surface area (Å²) in [7, 11) is 1.89. The Bertz CT molecular complexity index is 555. The van der Waals surface area contributed by atoms with Crippen molar-refractivity contribution in [3.8, 4) is 5.75 Å². The summed E-state index contributed by atoms with van der Waals surface area (Å²) in [4.78, 5) is 9.45. The zero-order valence-corrected chi connectivity index (χ0v) is 19.1. The molecule has 6 heteroatoms. The number of hydrogen-bond acceptors (Lipinski definition) is 3. The number of likely N-dealkylation sites (tertiary alicyclic amines) is 2. The van der Waals surface area contributed by atoms with Crippen LogP contribution in [0, 0.1) is 5.92 Å². The van der Waals surface area contributed by atoms with Crippen LogP contribution in [0.1, 0.15) is 32.6 Å². The van der Waals surface area contributed by atoms with E-state index in [1.165, 1.54) is 32.5 Å². The minimum absolute atomic E-state index is 0. The minimum Gasteiger partial charge on any atom is -0.490 e. The van der Waals surface area contributed by atoms with Crippen molar-refractivity contribution in [1.29, 1.82) is 0 Å². The van der Waals surface area contributed by atoms with Gasteiger partial charge in [-0.3, -0.25) is 4.99 Å². The highest BCUT2D eigenvalue weighted by atomic mass is 127. The Morgan fingerprint density at radius 1 is 1.15 bits per heavy atom.